The zero-order valence-electron chi connectivity index (χ0n) is 13.7. The van der Waals surface area contributed by atoms with Gasteiger partial charge in [-0.3, -0.25) is 4.79 Å². The zero-order chi connectivity index (χ0) is 17.9. The predicted molar refractivity (Wildman–Crippen MR) is 91.1 cm³/mol. The summed E-state index contributed by atoms with van der Waals surface area (Å²) < 4.78 is 32.7. The quantitative estimate of drug-likeness (QED) is 0.866. The van der Waals surface area contributed by atoms with Gasteiger partial charge in [0.05, 0.1) is 5.54 Å². The van der Waals surface area contributed by atoms with Crippen molar-refractivity contribution in [3.63, 3.8) is 0 Å². The standard InChI is InChI=1S/C19H20F2N2O2/c20-14-5-3-4-13(10-14)12-25-17-7-6-15(11-16(17)21)23-18(24)19(22)8-1-2-9-19/h3-7,10-11H,1-2,8-9,12,22H2,(H,23,24). The van der Waals surface area contributed by atoms with Gasteiger partial charge in [0.2, 0.25) is 5.91 Å². The van der Waals surface area contributed by atoms with Gasteiger partial charge in [-0.15, -0.1) is 0 Å². The fraction of sp³-hybridized carbons (Fsp3) is 0.316. The maximum absolute atomic E-state index is 14.2. The van der Waals surface area contributed by atoms with Crippen molar-refractivity contribution in [2.75, 3.05) is 5.32 Å². The molecule has 1 amide bonds. The van der Waals surface area contributed by atoms with Crippen LogP contribution in [0.1, 0.15) is 31.2 Å². The van der Waals surface area contributed by atoms with Gasteiger partial charge in [-0.1, -0.05) is 25.0 Å². The summed E-state index contributed by atoms with van der Waals surface area (Å²) in [4.78, 5) is 12.3. The third-order valence-electron chi connectivity index (χ3n) is 4.42. The Hall–Kier alpha value is -2.47. The van der Waals surface area contributed by atoms with Crippen LogP contribution in [0.5, 0.6) is 5.75 Å². The van der Waals surface area contributed by atoms with E-state index in [1.165, 1.54) is 24.3 Å². The highest BCUT2D eigenvalue weighted by molar-refractivity contribution is 5.98. The first-order valence-corrected chi connectivity index (χ1v) is 8.23. The minimum absolute atomic E-state index is 0.0330. The Morgan fingerprint density at radius 3 is 2.60 bits per heavy atom. The minimum Gasteiger partial charge on any atom is -0.486 e. The van der Waals surface area contributed by atoms with Crippen molar-refractivity contribution in [3.8, 4) is 5.75 Å². The van der Waals surface area contributed by atoms with Crippen LogP contribution in [0.2, 0.25) is 0 Å². The molecule has 0 saturated heterocycles. The van der Waals surface area contributed by atoms with Crippen LogP contribution in [0.4, 0.5) is 14.5 Å². The van der Waals surface area contributed by atoms with E-state index in [0.29, 0.717) is 24.1 Å². The van der Waals surface area contributed by atoms with Gasteiger partial charge in [0.15, 0.2) is 11.6 Å². The van der Waals surface area contributed by atoms with Crippen LogP contribution >= 0.6 is 0 Å². The van der Waals surface area contributed by atoms with E-state index in [9.17, 15) is 13.6 Å². The van der Waals surface area contributed by atoms with Crippen LogP contribution in [-0.4, -0.2) is 11.4 Å². The summed E-state index contributed by atoms with van der Waals surface area (Å²) in [5.41, 5.74) is 6.14. The lowest BCUT2D eigenvalue weighted by Gasteiger charge is -2.22. The number of amides is 1. The molecule has 0 spiro atoms. The van der Waals surface area contributed by atoms with Gasteiger partial charge in [0.1, 0.15) is 12.4 Å². The SMILES string of the molecule is NC1(C(=O)Nc2ccc(OCc3cccc(F)c3)c(F)c2)CCCC1. The molecule has 2 aromatic rings. The van der Waals surface area contributed by atoms with Gasteiger partial charge < -0.3 is 15.8 Å². The number of halogens is 2. The van der Waals surface area contributed by atoms with Gasteiger partial charge >= 0.3 is 0 Å². The Morgan fingerprint density at radius 1 is 1.16 bits per heavy atom. The monoisotopic (exact) mass is 346 g/mol. The van der Waals surface area contributed by atoms with Crippen LogP contribution in [0.3, 0.4) is 0 Å². The molecule has 132 valence electrons. The van der Waals surface area contributed by atoms with E-state index in [4.69, 9.17) is 10.5 Å². The lowest BCUT2D eigenvalue weighted by Crippen LogP contribution is -2.48. The molecular weight excluding hydrogens is 326 g/mol. The summed E-state index contributed by atoms with van der Waals surface area (Å²) >= 11 is 0. The first kappa shape index (κ1) is 17.4. The molecule has 0 aromatic heterocycles. The molecule has 1 aliphatic rings. The Balaban J connectivity index is 1.63. The molecule has 0 radical (unpaired) electrons. The molecule has 1 fully saturated rings. The largest absolute Gasteiger partial charge is 0.486 e. The second kappa shape index (κ2) is 7.19. The Morgan fingerprint density at radius 2 is 1.92 bits per heavy atom. The van der Waals surface area contributed by atoms with Crippen LogP contribution in [0, 0.1) is 11.6 Å². The Labute approximate surface area is 145 Å². The van der Waals surface area contributed by atoms with Crippen molar-refractivity contribution in [2.24, 2.45) is 5.73 Å². The minimum atomic E-state index is -0.872. The number of ether oxygens (including phenoxy) is 1. The molecule has 4 nitrogen and oxygen atoms in total. The third kappa shape index (κ3) is 4.14. The van der Waals surface area contributed by atoms with Gasteiger partial charge in [-0.2, -0.15) is 0 Å². The molecule has 1 aliphatic carbocycles. The van der Waals surface area contributed by atoms with Crippen LogP contribution in [0.25, 0.3) is 0 Å². The summed E-state index contributed by atoms with van der Waals surface area (Å²) in [7, 11) is 0. The maximum Gasteiger partial charge on any atom is 0.244 e. The molecule has 0 heterocycles. The number of nitrogens with one attached hydrogen (secondary N) is 1. The van der Waals surface area contributed by atoms with Gasteiger partial charge in [-0.25, -0.2) is 8.78 Å². The second-order valence-electron chi connectivity index (χ2n) is 6.38. The van der Waals surface area contributed by atoms with Crippen LogP contribution < -0.4 is 15.8 Å². The first-order chi connectivity index (χ1) is 12.0. The van der Waals surface area contributed by atoms with Crippen LogP contribution in [0.15, 0.2) is 42.5 Å². The molecule has 0 aliphatic heterocycles. The fourth-order valence-electron chi connectivity index (χ4n) is 2.97. The molecule has 0 unspecified atom stereocenters. The summed E-state index contributed by atoms with van der Waals surface area (Å²) in [6, 6.07) is 10.1. The molecule has 0 atom stereocenters. The number of rotatable bonds is 5. The first-order valence-electron chi connectivity index (χ1n) is 8.23. The third-order valence-corrected chi connectivity index (χ3v) is 4.42. The highest BCUT2D eigenvalue weighted by Crippen LogP contribution is 2.29. The Kier molecular flexibility index (Phi) is 4.99. The highest BCUT2D eigenvalue weighted by atomic mass is 19.1. The predicted octanol–water partition coefficient (Wildman–Crippen LogP) is 3.75. The topological polar surface area (TPSA) is 64.4 Å². The summed E-state index contributed by atoms with van der Waals surface area (Å²) in [6.45, 7) is 0.0479. The Bertz CT molecular complexity index is 774. The number of hydrogen-bond acceptors (Lipinski definition) is 3. The van der Waals surface area contributed by atoms with Crippen molar-refractivity contribution in [2.45, 2.75) is 37.8 Å². The van der Waals surface area contributed by atoms with E-state index in [0.717, 1.165) is 12.8 Å². The van der Waals surface area contributed by atoms with E-state index in [-0.39, 0.29) is 24.1 Å². The summed E-state index contributed by atoms with van der Waals surface area (Å²) in [5.74, 6) is -1.24. The van der Waals surface area contributed by atoms with Crippen molar-refractivity contribution >= 4 is 11.6 Å². The van der Waals surface area contributed by atoms with Crippen molar-refractivity contribution in [3.05, 3.63) is 59.7 Å². The maximum atomic E-state index is 14.2. The molecular formula is C19H20F2N2O2. The van der Waals surface area contributed by atoms with E-state index in [2.05, 4.69) is 5.32 Å². The normalized spacial score (nSPS) is 15.8. The van der Waals surface area contributed by atoms with Crippen molar-refractivity contribution in [1.82, 2.24) is 0 Å². The lowest BCUT2D eigenvalue weighted by atomic mass is 9.98. The number of nitrogens with two attached hydrogens (primary N) is 1. The van der Waals surface area contributed by atoms with Gasteiger partial charge in [0, 0.05) is 11.8 Å². The molecule has 6 heteroatoms. The van der Waals surface area contributed by atoms with Crippen molar-refractivity contribution in [1.29, 1.82) is 0 Å². The fourth-order valence-corrected chi connectivity index (χ4v) is 2.97. The second-order valence-corrected chi connectivity index (χ2v) is 6.38. The smallest absolute Gasteiger partial charge is 0.244 e. The molecule has 3 rings (SSSR count). The number of hydrogen-bond donors (Lipinski definition) is 2. The van der Waals surface area contributed by atoms with E-state index in [1.54, 1.807) is 18.2 Å². The number of carbonyl (C=O) groups is 1. The summed E-state index contributed by atoms with van der Waals surface area (Å²) in [5, 5.41) is 2.66. The number of anilines is 1. The van der Waals surface area contributed by atoms with E-state index < -0.39 is 11.4 Å². The zero-order valence-corrected chi connectivity index (χ0v) is 13.7. The van der Waals surface area contributed by atoms with E-state index in [1.807, 2.05) is 0 Å². The van der Waals surface area contributed by atoms with Crippen molar-refractivity contribution < 1.29 is 18.3 Å². The highest BCUT2D eigenvalue weighted by Gasteiger charge is 2.37. The average molecular weight is 346 g/mol. The molecule has 2 aromatic carbocycles. The average Bonchev–Trinajstić information content (AvgIpc) is 3.02. The summed E-state index contributed by atoms with van der Waals surface area (Å²) in [6.07, 6.45) is 3.11. The molecule has 25 heavy (non-hydrogen) atoms. The molecule has 3 N–H and O–H groups in total. The van der Waals surface area contributed by atoms with Gasteiger partial charge in [0.25, 0.3) is 0 Å². The van der Waals surface area contributed by atoms with E-state index >= 15 is 0 Å². The molecule has 1 saturated carbocycles. The van der Waals surface area contributed by atoms with Crippen LogP contribution in [-0.2, 0) is 11.4 Å². The number of benzene rings is 2. The van der Waals surface area contributed by atoms with Gasteiger partial charge in [-0.05, 0) is 42.7 Å². The lowest BCUT2D eigenvalue weighted by molar-refractivity contribution is -0.121. The molecule has 0 bridgehead atoms. The number of carbonyl (C=O) groups excluding carboxylic acids is 1.